The first-order valence-electron chi connectivity index (χ1n) is 8.10. The number of aromatic nitrogens is 1. The van der Waals surface area contributed by atoms with Gasteiger partial charge in [-0.1, -0.05) is 29.3 Å². The number of anilines is 1. The quantitative estimate of drug-likeness (QED) is 0.643. The maximum Gasteiger partial charge on any atom is 0.262 e. The molecule has 0 spiro atoms. The van der Waals surface area contributed by atoms with E-state index in [9.17, 15) is 4.79 Å². The normalized spacial score (nSPS) is 10.8. The van der Waals surface area contributed by atoms with Crippen LogP contribution in [0, 0.1) is 20.8 Å². The molecule has 0 aliphatic rings. The smallest absolute Gasteiger partial charge is 0.262 e. The number of nitrogens with zero attached hydrogens (tertiary/aromatic N) is 1. The number of carbonyl (C=O) groups is 1. The fourth-order valence-electron chi connectivity index (χ4n) is 2.81. The van der Waals surface area contributed by atoms with Crippen LogP contribution in [0.15, 0.2) is 36.4 Å². The van der Waals surface area contributed by atoms with Crippen LogP contribution in [0.2, 0.25) is 10.0 Å². The second-order valence-corrected chi connectivity index (χ2v) is 7.05. The summed E-state index contributed by atoms with van der Waals surface area (Å²) in [5.41, 5.74) is 4.24. The first-order chi connectivity index (χ1) is 12.3. The molecule has 0 aliphatic carbocycles. The monoisotopic (exact) mass is 388 g/mol. The standard InChI is InChI=1S/C20H18Cl2N2O2/c1-11-6-12(2)8-14(7-11)24-18(25)10-26-20-17(22)9-16(21)15-5-4-13(3)23-19(15)20/h4-9H,10H2,1-3H3,(H,24,25). The van der Waals surface area contributed by atoms with Crippen molar-refractivity contribution in [3.05, 3.63) is 63.3 Å². The molecule has 0 atom stereocenters. The molecule has 1 amide bonds. The molecule has 3 rings (SSSR count). The third-order valence-corrected chi connectivity index (χ3v) is 4.42. The number of aryl methyl sites for hydroxylation is 3. The van der Waals surface area contributed by atoms with Gasteiger partial charge in [0.2, 0.25) is 0 Å². The van der Waals surface area contributed by atoms with Crippen molar-refractivity contribution in [3.63, 3.8) is 0 Å². The van der Waals surface area contributed by atoms with Crippen molar-refractivity contribution in [2.45, 2.75) is 20.8 Å². The lowest BCUT2D eigenvalue weighted by Crippen LogP contribution is -2.20. The van der Waals surface area contributed by atoms with Gasteiger partial charge in [0.05, 0.1) is 10.0 Å². The van der Waals surface area contributed by atoms with Crippen molar-refractivity contribution in [1.82, 2.24) is 4.98 Å². The maximum absolute atomic E-state index is 12.3. The molecule has 1 aromatic heterocycles. The third-order valence-electron chi connectivity index (χ3n) is 3.83. The SMILES string of the molecule is Cc1cc(C)cc(NC(=O)COc2c(Cl)cc(Cl)c3ccc(C)nc23)c1. The highest BCUT2D eigenvalue weighted by Gasteiger charge is 2.15. The number of rotatable bonds is 4. The highest BCUT2D eigenvalue weighted by Crippen LogP contribution is 2.37. The van der Waals surface area contributed by atoms with E-state index in [0.717, 1.165) is 27.9 Å². The number of nitrogens with one attached hydrogen (secondary N) is 1. The molecule has 134 valence electrons. The van der Waals surface area contributed by atoms with E-state index < -0.39 is 0 Å². The number of hydrogen-bond acceptors (Lipinski definition) is 3. The summed E-state index contributed by atoms with van der Waals surface area (Å²) in [5.74, 6) is 0.0761. The number of hydrogen-bond donors (Lipinski definition) is 1. The molecule has 0 bridgehead atoms. The highest BCUT2D eigenvalue weighted by molar-refractivity contribution is 6.39. The van der Waals surface area contributed by atoms with Crippen molar-refractivity contribution in [1.29, 1.82) is 0 Å². The Balaban J connectivity index is 1.81. The van der Waals surface area contributed by atoms with Gasteiger partial charge < -0.3 is 10.1 Å². The van der Waals surface area contributed by atoms with Gasteiger partial charge in [-0.25, -0.2) is 4.98 Å². The molecule has 0 saturated heterocycles. The molecule has 4 nitrogen and oxygen atoms in total. The average Bonchev–Trinajstić information content (AvgIpc) is 2.53. The summed E-state index contributed by atoms with van der Waals surface area (Å²) in [7, 11) is 0. The third kappa shape index (κ3) is 4.09. The number of benzene rings is 2. The van der Waals surface area contributed by atoms with Crippen molar-refractivity contribution in [2.24, 2.45) is 0 Å². The van der Waals surface area contributed by atoms with Crippen LogP contribution in [0.25, 0.3) is 10.9 Å². The van der Waals surface area contributed by atoms with E-state index in [-0.39, 0.29) is 12.5 Å². The zero-order valence-corrected chi connectivity index (χ0v) is 16.2. The van der Waals surface area contributed by atoms with E-state index in [1.54, 1.807) is 6.07 Å². The zero-order chi connectivity index (χ0) is 18.8. The molecule has 1 N–H and O–H groups in total. The molecule has 6 heteroatoms. The molecular formula is C20H18Cl2N2O2. The van der Waals surface area contributed by atoms with Gasteiger partial charge >= 0.3 is 0 Å². The molecule has 26 heavy (non-hydrogen) atoms. The Hall–Kier alpha value is -2.30. The first kappa shape index (κ1) is 18.5. The van der Waals surface area contributed by atoms with Gasteiger partial charge in [-0.2, -0.15) is 0 Å². The van der Waals surface area contributed by atoms with Crippen molar-refractivity contribution in [3.8, 4) is 5.75 Å². The van der Waals surface area contributed by atoms with E-state index >= 15 is 0 Å². The first-order valence-corrected chi connectivity index (χ1v) is 8.85. The van der Waals surface area contributed by atoms with E-state index in [1.807, 2.05) is 51.1 Å². The van der Waals surface area contributed by atoms with Gasteiger partial charge in [0.25, 0.3) is 5.91 Å². The van der Waals surface area contributed by atoms with Crippen molar-refractivity contribution >= 4 is 45.7 Å². The number of ether oxygens (including phenoxy) is 1. The van der Waals surface area contributed by atoms with Crippen molar-refractivity contribution < 1.29 is 9.53 Å². The molecule has 2 aromatic carbocycles. The summed E-state index contributed by atoms with van der Waals surface area (Å²) in [6.07, 6.45) is 0. The van der Waals surface area contributed by atoms with Crippen LogP contribution < -0.4 is 10.1 Å². The minimum Gasteiger partial charge on any atom is -0.480 e. The predicted molar refractivity (Wildman–Crippen MR) is 107 cm³/mol. The van der Waals surface area contributed by atoms with Crippen LogP contribution in [0.4, 0.5) is 5.69 Å². The lowest BCUT2D eigenvalue weighted by molar-refractivity contribution is -0.118. The second kappa shape index (κ2) is 7.52. The molecule has 3 aromatic rings. The Morgan fingerprint density at radius 1 is 1.04 bits per heavy atom. The Morgan fingerprint density at radius 2 is 1.73 bits per heavy atom. The molecule has 0 saturated carbocycles. The maximum atomic E-state index is 12.3. The predicted octanol–water partition coefficient (Wildman–Crippen LogP) is 5.48. The van der Waals surface area contributed by atoms with Gasteiger partial charge in [0.1, 0.15) is 5.52 Å². The summed E-state index contributed by atoms with van der Waals surface area (Å²) < 4.78 is 5.69. The van der Waals surface area contributed by atoms with Crippen LogP contribution in [-0.2, 0) is 4.79 Å². The lowest BCUT2D eigenvalue weighted by atomic mass is 10.1. The number of pyridine rings is 1. The number of carbonyl (C=O) groups excluding carboxylic acids is 1. The molecule has 1 heterocycles. The molecule has 0 fully saturated rings. The van der Waals surface area contributed by atoms with E-state index in [0.29, 0.717) is 21.3 Å². The summed E-state index contributed by atoms with van der Waals surface area (Å²) in [6, 6.07) is 11.2. The number of amides is 1. The summed E-state index contributed by atoms with van der Waals surface area (Å²) >= 11 is 12.5. The Labute approximate surface area is 162 Å². The van der Waals surface area contributed by atoms with Gasteiger partial charge in [0, 0.05) is 16.8 Å². The van der Waals surface area contributed by atoms with Crippen LogP contribution in [-0.4, -0.2) is 17.5 Å². The number of fused-ring (bicyclic) bond motifs is 1. The van der Waals surface area contributed by atoms with Gasteiger partial charge in [-0.05, 0) is 62.2 Å². The Bertz CT molecular complexity index is 983. The largest absolute Gasteiger partial charge is 0.480 e. The van der Waals surface area contributed by atoms with Crippen LogP contribution in [0.1, 0.15) is 16.8 Å². The molecular weight excluding hydrogens is 371 g/mol. The van der Waals surface area contributed by atoms with E-state index in [4.69, 9.17) is 27.9 Å². The summed E-state index contributed by atoms with van der Waals surface area (Å²) in [5, 5.41) is 4.37. The summed E-state index contributed by atoms with van der Waals surface area (Å²) in [4.78, 5) is 16.7. The minimum absolute atomic E-state index is 0.181. The lowest BCUT2D eigenvalue weighted by Gasteiger charge is -2.13. The Morgan fingerprint density at radius 3 is 2.42 bits per heavy atom. The van der Waals surface area contributed by atoms with Crippen LogP contribution in [0.5, 0.6) is 5.75 Å². The van der Waals surface area contributed by atoms with Gasteiger partial charge in [-0.15, -0.1) is 0 Å². The van der Waals surface area contributed by atoms with Crippen LogP contribution >= 0.6 is 23.2 Å². The van der Waals surface area contributed by atoms with E-state index in [1.165, 1.54) is 0 Å². The molecule has 0 unspecified atom stereocenters. The van der Waals surface area contributed by atoms with E-state index in [2.05, 4.69) is 10.3 Å². The van der Waals surface area contributed by atoms with Crippen molar-refractivity contribution in [2.75, 3.05) is 11.9 Å². The number of halogens is 2. The van der Waals surface area contributed by atoms with Crippen LogP contribution in [0.3, 0.4) is 0 Å². The topological polar surface area (TPSA) is 51.2 Å². The Kier molecular flexibility index (Phi) is 5.35. The second-order valence-electron chi connectivity index (χ2n) is 6.23. The minimum atomic E-state index is -0.276. The average molecular weight is 389 g/mol. The molecule has 0 aliphatic heterocycles. The fourth-order valence-corrected chi connectivity index (χ4v) is 3.38. The van der Waals surface area contributed by atoms with Gasteiger partial charge in [0.15, 0.2) is 12.4 Å². The molecule has 0 radical (unpaired) electrons. The van der Waals surface area contributed by atoms with Gasteiger partial charge in [-0.3, -0.25) is 4.79 Å². The zero-order valence-electron chi connectivity index (χ0n) is 14.7. The summed E-state index contributed by atoms with van der Waals surface area (Å²) in [6.45, 7) is 5.64. The highest BCUT2D eigenvalue weighted by atomic mass is 35.5. The fraction of sp³-hybridized carbons (Fsp3) is 0.200.